The Labute approximate surface area is 66.1 Å². The number of phenols is 1. The molecule has 1 aromatic carbocycles. The zero-order valence-electron chi connectivity index (χ0n) is 6.10. The molecule has 0 radical (unpaired) electrons. The number of phenolic OH excluding ortho intramolecular Hbond substituents is 1. The molecular weight excluding hydrogens is 144 g/mol. The van der Waals surface area contributed by atoms with Crippen molar-refractivity contribution in [2.24, 2.45) is 0 Å². The molecular formula is C8H11OS+. The SMILES string of the molecule is Cc1cc([SH2+])cc(C)c1O. The van der Waals surface area contributed by atoms with Gasteiger partial charge in [0.25, 0.3) is 0 Å². The normalized spacial score (nSPS) is 9.90. The van der Waals surface area contributed by atoms with Crippen molar-refractivity contribution in [2.45, 2.75) is 18.7 Å². The number of hydrogen-bond acceptors (Lipinski definition) is 1. The number of rotatable bonds is 0. The number of benzene rings is 1. The van der Waals surface area contributed by atoms with Gasteiger partial charge in [0.15, 0.2) is 4.90 Å². The molecule has 0 saturated heterocycles. The first-order valence-electron chi connectivity index (χ1n) is 3.13. The van der Waals surface area contributed by atoms with E-state index in [9.17, 15) is 5.11 Å². The third-order valence-electron chi connectivity index (χ3n) is 1.49. The minimum atomic E-state index is 0.391. The summed E-state index contributed by atoms with van der Waals surface area (Å²) in [5, 5.41) is 9.31. The molecule has 54 valence electrons. The maximum Gasteiger partial charge on any atom is 0.151 e. The minimum Gasteiger partial charge on any atom is -0.507 e. The molecule has 0 fully saturated rings. The fraction of sp³-hybridized carbons (Fsp3) is 0.250. The van der Waals surface area contributed by atoms with Crippen LogP contribution in [0.25, 0.3) is 0 Å². The van der Waals surface area contributed by atoms with Gasteiger partial charge in [-0.15, -0.1) is 0 Å². The summed E-state index contributed by atoms with van der Waals surface area (Å²) in [5.74, 6) is 0.391. The van der Waals surface area contributed by atoms with Gasteiger partial charge in [0, 0.05) is 0 Å². The van der Waals surface area contributed by atoms with Crippen LogP contribution in [-0.2, 0) is 12.6 Å². The first-order valence-corrected chi connectivity index (χ1v) is 3.63. The molecule has 0 unspecified atom stereocenters. The molecule has 0 aliphatic heterocycles. The highest BCUT2D eigenvalue weighted by atomic mass is 32.1. The van der Waals surface area contributed by atoms with Gasteiger partial charge < -0.3 is 5.11 Å². The van der Waals surface area contributed by atoms with Crippen molar-refractivity contribution < 1.29 is 5.11 Å². The predicted molar refractivity (Wildman–Crippen MR) is 46.0 cm³/mol. The summed E-state index contributed by atoms with van der Waals surface area (Å²) >= 11 is 3.38. The average Bonchev–Trinajstić information content (AvgIpc) is 1.82. The zero-order valence-corrected chi connectivity index (χ0v) is 7.10. The van der Waals surface area contributed by atoms with E-state index in [2.05, 4.69) is 12.6 Å². The molecule has 0 atom stereocenters. The van der Waals surface area contributed by atoms with Crippen LogP contribution in [0.2, 0.25) is 0 Å². The Kier molecular flexibility index (Phi) is 1.90. The van der Waals surface area contributed by atoms with E-state index >= 15 is 0 Å². The van der Waals surface area contributed by atoms with Crippen LogP contribution in [0, 0.1) is 13.8 Å². The van der Waals surface area contributed by atoms with Crippen LogP contribution in [0.3, 0.4) is 0 Å². The third-order valence-corrected chi connectivity index (χ3v) is 1.78. The Bertz CT molecular complexity index is 232. The summed E-state index contributed by atoms with van der Waals surface area (Å²) < 4.78 is 0. The molecule has 2 heteroatoms. The predicted octanol–water partition coefficient (Wildman–Crippen LogP) is 1.38. The van der Waals surface area contributed by atoms with Crippen LogP contribution in [-0.4, -0.2) is 5.11 Å². The number of hydrogen-bond donors (Lipinski definition) is 1. The largest absolute Gasteiger partial charge is 0.507 e. The molecule has 1 rings (SSSR count). The molecule has 0 aliphatic rings. The molecule has 0 bridgehead atoms. The molecule has 10 heavy (non-hydrogen) atoms. The summed E-state index contributed by atoms with van der Waals surface area (Å²) in [5.41, 5.74) is 1.81. The molecule has 0 saturated carbocycles. The van der Waals surface area contributed by atoms with Gasteiger partial charge in [-0.2, -0.15) is 0 Å². The van der Waals surface area contributed by atoms with Crippen LogP contribution in [0.4, 0.5) is 0 Å². The van der Waals surface area contributed by atoms with Crippen molar-refractivity contribution in [3.8, 4) is 5.75 Å². The summed E-state index contributed by atoms with van der Waals surface area (Å²) in [6.07, 6.45) is 0. The van der Waals surface area contributed by atoms with Crippen molar-refractivity contribution in [2.75, 3.05) is 0 Å². The molecule has 0 heterocycles. The van der Waals surface area contributed by atoms with E-state index in [1.165, 1.54) is 0 Å². The van der Waals surface area contributed by atoms with E-state index in [4.69, 9.17) is 0 Å². The minimum absolute atomic E-state index is 0.391. The lowest BCUT2D eigenvalue weighted by atomic mass is 10.1. The second-order valence-electron chi connectivity index (χ2n) is 2.46. The Morgan fingerprint density at radius 2 is 1.60 bits per heavy atom. The van der Waals surface area contributed by atoms with Gasteiger partial charge >= 0.3 is 0 Å². The third kappa shape index (κ3) is 1.27. The van der Waals surface area contributed by atoms with E-state index in [0.29, 0.717) is 5.75 Å². The quantitative estimate of drug-likeness (QED) is 0.561. The molecule has 0 aliphatic carbocycles. The van der Waals surface area contributed by atoms with E-state index < -0.39 is 0 Å². The highest BCUT2D eigenvalue weighted by molar-refractivity contribution is 7.58. The molecule has 1 nitrogen and oxygen atoms in total. The highest BCUT2D eigenvalue weighted by Gasteiger charge is 2.02. The average molecular weight is 155 g/mol. The second kappa shape index (κ2) is 2.54. The maximum atomic E-state index is 9.31. The Morgan fingerprint density at radius 1 is 1.20 bits per heavy atom. The standard InChI is InChI=1S/C8H10OS/c1-5-3-7(10)4-6(2)8(5)9/h3-4,9-10H,1-2H3/p+1. The van der Waals surface area contributed by atoms with Crippen molar-refractivity contribution in [1.29, 1.82) is 0 Å². The van der Waals surface area contributed by atoms with Gasteiger partial charge in [-0.25, -0.2) is 0 Å². The molecule has 0 amide bonds. The van der Waals surface area contributed by atoms with Gasteiger partial charge in [-0.3, -0.25) is 0 Å². The molecule has 1 N–H and O–H groups in total. The van der Waals surface area contributed by atoms with Crippen molar-refractivity contribution in [3.05, 3.63) is 23.3 Å². The van der Waals surface area contributed by atoms with Crippen molar-refractivity contribution >= 4 is 12.6 Å². The van der Waals surface area contributed by atoms with E-state index in [0.717, 1.165) is 16.0 Å². The fourth-order valence-electron chi connectivity index (χ4n) is 0.956. The lowest BCUT2D eigenvalue weighted by Crippen LogP contribution is -1.81. The van der Waals surface area contributed by atoms with E-state index in [1.807, 2.05) is 26.0 Å². The van der Waals surface area contributed by atoms with Gasteiger partial charge in [-0.05, 0) is 49.7 Å². The number of aryl methyl sites for hydroxylation is 2. The summed E-state index contributed by atoms with van der Waals surface area (Å²) in [6, 6.07) is 3.78. The summed E-state index contributed by atoms with van der Waals surface area (Å²) in [7, 11) is 0. The monoisotopic (exact) mass is 155 g/mol. The van der Waals surface area contributed by atoms with Crippen LogP contribution in [0.15, 0.2) is 17.0 Å². The molecule has 0 spiro atoms. The van der Waals surface area contributed by atoms with Crippen LogP contribution < -0.4 is 0 Å². The Hall–Kier alpha value is -0.630. The highest BCUT2D eigenvalue weighted by Crippen LogP contribution is 2.22. The lowest BCUT2D eigenvalue weighted by Gasteiger charge is -2.00. The van der Waals surface area contributed by atoms with Crippen LogP contribution >= 0.6 is 0 Å². The molecule has 0 aromatic heterocycles. The fourth-order valence-corrected chi connectivity index (χ4v) is 1.39. The summed E-state index contributed by atoms with van der Waals surface area (Å²) in [6.45, 7) is 3.76. The van der Waals surface area contributed by atoms with Gasteiger partial charge in [0.2, 0.25) is 0 Å². The van der Waals surface area contributed by atoms with Gasteiger partial charge in [-0.1, -0.05) is 0 Å². The van der Waals surface area contributed by atoms with Crippen molar-refractivity contribution in [3.63, 3.8) is 0 Å². The Balaban J connectivity index is 3.31. The first-order chi connectivity index (χ1) is 4.61. The van der Waals surface area contributed by atoms with Crippen LogP contribution in [0.1, 0.15) is 11.1 Å². The zero-order chi connectivity index (χ0) is 7.72. The maximum absolute atomic E-state index is 9.31. The van der Waals surface area contributed by atoms with E-state index in [-0.39, 0.29) is 0 Å². The van der Waals surface area contributed by atoms with Crippen LogP contribution in [0.5, 0.6) is 5.75 Å². The molecule has 1 aromatic rings. The van der Waals surface area contributed by atoms with Gasteiger partial charge in [0.1, 0.15) is 5.75 Å². The number of aromatic hydroxyl groups is 1. The smallest absolute Gasteiger partial charge is 0.151 e. The first kappa shape index (κ1) is 7.48. The second-order valence-corrected chi connectivity index (χ2v) is 3.04. The lowest BCUT2D eigenvalue weighted by molar-refractivity contribution is 0.466. The van der Waals surface area contributed by atoms with Gasteiger partial charge in [0.05, 0.1) is 0 Å². The summed E-state index contributed by atoms with van der Waals surface area (Å²) in [4.78, 5) is 1.01. The Morgan fingerprint density at radius 3 is 2.00 bits per heavy atom. The van der Waals surface area contributed by atoms with E-state index in [1.54, 1.807) is 0 Å². The van der Waals surface area contributed by atoms with Crippen molar-refractivity contribution in [1.82, 2.24) is 0 Å². The topological polar surface area (TPSA) is 20.2 Å².